The lowest BCUT2D eigenvalue weighted by Gasteiger charge is -2.27. The second kappa shape index (κ2) is 9.07. The molecule has 0 saturated heterocycles. The Bertz CT molecular complexity index is 581. The van der Waals surface area contributed by atoms with Gasteiger partial charge in [-0.25, -0.2) is 0 Å². The summed E-state index contributed by atoms with van der Waals surface area (Å²) in [7, 11) is 0. The Morgan fingerprint density at radius 1 is 1.00 bits per heavy atom. The SMILES string of the molecule is CC(C)NCCCC(C)(O)c1ccccc1-c1ccccc1.Cl. The van der Waals surface area contributed by atoms with Gasteiger partial charge in [0.1, 0.15) is 0 Å². The third-order valence-electron chi connectivity index (χ3n) is 3.99. The van der Waals surface area contributed by atoms with E-state index in [9.17, 15) is 5.11 Å². The van der Waals surface area contributed by atoms with Crippen LogP contribution in [0.15, 0.2) is 54.6 Å². The molecule has 1 atom stereocenters. The van der Waals surface area contributed by atoms with E-state index < -0.39 is 5.60 Å². The fourth-order valence-electron chi connectivity index (χ4n) is 2.78. The van der Waals surface area contributed by atoms with E-state index in [1.54, 1.807) is 0 Å². The van der Waals surface area contributed by atoms with Gasteiger partial charge in [-0.05, 0) is 43.0 Å². The number of hydrogen-bond donors (Lipinski definition) is 2. The highest BCUT2D eigenvalue weighted by molar-refractivity contribution is 5.85. The lowest BCUT2D eigenvalue weighted by atomic mass is 9.85. The van der Waals surface area contributed by atoms with Crippen LogP contribution in [-0.4, -0.2) is 17.7 Å². The molecule has 2 rings (SSSR count). The van der Waals surface area contributed by atoms with E-state index in [-0.39, 0.29) is 12.4 Å². The van der Waals surface area contributed by atoms with Gasteiger partial charge in [-0.15, -0.1) is 12.4 Å². The van der Waals surface area contributed by atoms with E-state index in [1.165, 1.54) is 0 Å². The molecule has 126 valence electrons. The molecule has 0 bridgehead atoms. The molecule has 2 aromatic rings. The maximum atomic E-state index is 11.0. The van der Waals surface area contributed by atoms with Crippen LogP contribution >= 0.6 is 12.4 Å². The molecule has 1 unspecified atom stereocenters. The largest absolute Gasteiger partial charge is 0.385 e. The van der Waals surface area contributed by atoms with Gasteiger partial charge in [0.05, 0.1) is 5.60 Å². The third kappa shape index (κ3) is 5.65. The van der Waals surface area contributed by atoms with Crippen molar-refractivity contribution in [2.45, 2.75) is 45.3 Å². The molecule has 2 N–H and O–H groups in total. The normalized spacial score (nSPS) is 13.4. The van der Waals surface area contributed by atoms with Crippen molar-refractivity contribution in [1.82, 2.24) is 5.32 Å². The van der Waals surface area contributed by atoms with Crippen molar-refractivity contribution in [2.75, 3.05) is 6.54 Å². The smallest absolute Gasteiger partial charge is 0.0875 e. The first kappa shape index (κ1) is 19.7. The Labute approximate surface area is 146 Å². The maximum Gasteiger partial charge on any atom is 0.0875 e. The zero-order valence-electron chi connectivity index (χ0n) is 14.3. The van der Waals surface area contributed by atoms with Crippen LogP contribution in [0.3, 0.4) is 0 Å². The van der Waals surface area contributed by atoms with Crippen LogP contribution in [0.2, 0.25) is 0 Å². The van der Waals surface area contributed by atoms with E-state index >= 15 is 0 Å². The van der Waals surface area contributed by atoms with Crippen LogP contribution in [0.1, 0.15) is 39.2 Å². The minimum Gasteiger partial charge on any atom is -0.385 e. The van der Waals surface area contributed by atoms with Crippen molar-refractivity contribution >= 4 is 12.4 Å². The molecule has 0 amide bonds. The van der Waals surface area contributed by atoms with Gasteiger partial charge in [0, 0.05) is 6.04 Å². The first-order valence-electron chi connectivity index (χ1n) is 8.11. The highest BCUT2D eigenvalue weighted by Gasteiger charge is 2.25. The molecule has 0 saturated carbocycles. The molecule has 2 aromatic carbocycles. The van der Waals surface area contributed by atoms with Crippen LogP contribution in [-0.2, 0) is 5.60 Å². The first-order chi connectivity index (χ1) is 10.5. The van der Waals surface area contributed by atoms with Crippen LogP contribution in [0, 0.1) is 0 Å². The monoisotopic (exact) mass is 333 g/mol. The third-order valence-corrected chi connectivity index (χ3v) is 3.99. The number of halogens is 1. The topological polar surface area (TPSA) is 32.3 Å². The summed E-state index contributed by atoms with van der Waals surface area (Å²) in [4.78, 5) is 0. The van der Waals surface area contributed by atoms with Gasteiger partial charge >= 0.3 is 0 Å². The van der Waals surface area contributed by atoms with Crippen molar-refractivity contribution in [3.63, 3.8) is 0 Å². The molecule has 0 heterocycles. The van der Waals surface area contributed by atoms with Crippen molar-refractivity contribution in [2.24, 2.45) is 0 Å². The van der Waals surface area contributed by atoms with E-state index in [0.717, 1.165) is 36.1 Å². The van der Waals surface area contributed by atoms with Gasteiger partial charge in [-0.2, -0.15) is 0 Å². The zero-order valence-corrected chi connectivity index (χ0v) is 15.1. The molecule has 3 heteroatoms. The van der Waals surface area contributed by atoms with Gasteiger partial charge in [0.15, 0.2) is 0 Å². The van der Waals surface area contributed by atoms with Crippen LogP contribution in [0.4, 0.5) is 0 Å². The Morgan fingerprint density at radius 3 is 2.26 bits per heavy atom. The molecule has 0 aromatic heterocycles. The van der Waals surface area contributed by atoms with Crippen molar-refractivity contribution in [3.8, 4) is 11.1 Å². The highest BCUT2D eigenvalue weighted by atomic mass is 35.5. The quantitative estimate of drug-likeness (QED) is 0.716. The summed E-state index contributed by atoms with van der Waals surface area (Å²) in [5, 5.41) is 14.4. The predicted octanol–water partition coefficient (Wildman–Crippen LogP) is 4.76. The van der Waals surface area contributed by atoms with Gasteiger partial charge in [-0.3, -0.25) is 0 Å². The standard InChI is InChI=1S/C20H27NO.ClH/c1-16(2)21-15-9-14-20(3,22)19-13-8-7-12-18(19)17-10-5-4-6-11-17;/h4-8,10-13,16,21-22H,9,14-15H2,1-3H3;1H. The minimum absolute atomic E-state index is 0. The summed E-state index contributed by atoms with van der Waals surface area (Å²) in [6, 6.07) is 18.9. The van der Waals surface area contributed by atoms with Crippen LogP contribution < -0.4 is 5.32 Å². The lowest BCUT2D eigenvalue weighted by molar-refractivity contribution is 0.0461. The van der Waals surface area contributed by atoms with Gasteiger partial charge < -0.3 is 10.4 Å². The summed E-state index contributed by atoms with van der Waals surface area (Å²) in [5.41, 5.74) is 2.46. The highest BCUT2D eigenvalue weighted by Crippen LogP contribution is 2.34. The second-order valence-corrected chi connectivity index (χ2v) is 6.40. The minimum atomic E-state index is -0.814. The van der Waals surface area contributed by atoms with Crippen LogP contribution in [0.5, 0.6) is 0 Å². The number of benzene rings is 2. The first-order valence-corrected chi connectivity index (χ1v) is 8.11. The maximum absolute atomic E-state index is 11.0. The number of rotatable bonds is 7. The lowest BCUT2D eigenvalue weighted by Crippen LogP contribution is -2.27. The van der Waals surface area contributed by atoms with Gasteiger partial charge in [0.25, 0.3) is 0 Å². The molecule has 0 aliphatic rings. The van der Waals surface area contributed by atoms with Crippen molar-refractivity contribution in [1.29, 1.82) is 0 Å². The molecule has 0 aliphatic carbocycles. The number of nitrogens with one attached hydrogen (secondary N) is 1. The Hall–Kier alpha value is -1.35. The van der Waals surface area contributed by atoms with Crippen molar-refractivity contribution in [3.05, 3.63) is 60.2 Å². The molecule has 0 fully saturated rings. The fourth-order valence-corrected chi connectivity index (χ4v) is 2.78. The number of hydrogen-bond acceptors (Lipinski definition) is 2. The second-order valence-electron chi connectivity index (χ2n) is 6.40. The summed E-state index contributed by atoms with van der Waals surface area (Å²) < 4.78 is 0. The molecule has 2 nitrogen and oxygen atoms in total. The Balaban J connectivity index is 0.00000264. The molecular formula is C20H28ClNO. The molecule has 23 heavy (non-hydrogen) atoms. The van der Waals surface area contributed by atoms with Crippen molar-refractivity contribution < 1.29 is 5.11 Å². The van der Waals surface area contributed by atoms with E-state index in [4.69, 9.17) is 0 Å². The zero-order chi connectivity index (χ0) is 16.0. The number of aliphatic hydroxyl groups is 1. The van der Waals surface area contributed by atoms with Gasteiger partial charge in [-0.1, -0.05) is 68.4 Å². The van der Waals surface area contributed by atoms with Crippen LogP contribution in [0.25, 0.3) is 11.1 Å². The Morgan fingerprint density at radius 2 is 1.61 bits per heavy atom. The van der Waals surface area contributed by atoms with Gasteiger partial charge in [0.2, 0.25) is 0 Å². The average Bonchev–Trinajstić information content (AvgIpc) is 2.52. The van der Waals surface area contributed by atoms with E-state index in [1.807, 2.05) is 43.3 Å². The summed E-state index contributed by atoms with van der Waals surface area (Å²) in [6.07, 6.45) is 1.70. The molecule has 0 aliphatic heterocycles. The molecule has 0 radical (unpaired) electrons. The fraction of sp³-hybridized carbons (Fsp3) is 0.400. The van der Waals surface area contributed by atoms with E-state index in [0.29, 0.717) is 6.04 Å². The van der Waals surface area contributed by atoms with E-state index in [2.05, 4.69) is 37.4 Å². The predicted molar refractivity (Wildman–Crippen MR) is 101 cm³/mol. The Kier molecular flexibility index (Phi) is 7.77. The summed E-state index contributed by atoms with van der Waals surface area (Å²) in [6.45, 7) is 7.14. The summed E-state index contributed by atoms with van der Waals surface area (Å²) in [5.74, 6) is 0. The molecule has 0 spiro atoms. The summed E-state index contributed by atoms with van der Waals surface area (Å²) >= 11 is 0. The average molecular weight is 334 g/mol. The molecular weight excluding hydrogens is 306 g/mol.